The van der Waals surface area contributed by atoms with Crippen LogP contribution >= 0.6 is 23.2 Å². The molecule has 2 N–H and O–H groups in total. The largest absolute Gasteiger partial charge is 0.323 e. The summed E-state index contributed by atoms with van der Waals surface area (Å²) in [5.74, 6) is -0.544. The van der Waals surface area contributed by atoms with E-state index in [1.54, 1.807) is 24.3 Å². The second-order valence-corrected chi connectivity index (χ2v) is 8.08. The summed E-state index contributed by atoms with van der Waals surface area (Å²) in [6.07, 6.45) is 4.88. The molecule has 0 radical (unpaired) electrons. The first-order valence-corrected chi connectivity index (χ1v) is 10.2. The minimum Gasteiger partial charge on any atom is -0.308 e. The zero-order chi connectivity index (χ0) is 20.5. The number of nitrogens with zero attached hydrogens (tertiary/aromatic N) is 1. The first-order valence-electron chi connectivity index (χ1n) is 9.49. The Hall–Kier alpha value is -2.57. The van der Waals surface area contributed by atoms with Gasteiger partial charge in [-0.25, -0.2) is 4.79 Å². The number of fused-ring (bicyclic) bond motifs is 1. The molecule has 1 heterocycles. The highest BCUT2D eigenvalue weighted by Crippen LogP contribution is 2.32. The Kier molecular flexibility index (Phi) is 5.48. The summed E-state index contributed by atoms with van der Waals surface area (Å²) in [6, 6.07) is 8.89. The van der Waals surface area contributed by atoms with E-state index in [1.165, 1.54) is 17.0 Å². The zero-order valence-electron chi connectivity index (χ0n) is 15.5. The second kappa shape index (κ2) is 8.05. The van der Waals surface area contributed by atoms with Crippen LogP contribution in [-0.4, -0.2) is 28.8 Å². The predicted molar refractivity (Wildman–Crippen MR) is 113 cm³/mol. The topological polar surface area (TPSA) is 78.5 Å². The SMILES string of the molecule is O=C(Nc1ccc2c(c1)C(=O)N(C1CCCCC1)C2=O)Nc1cc(Cl)ccc1Cl. The summed E-state index contributed by atoms with van der Waals surface area (Å²) in [6.45, 7) is 0. The third-order valence-electron chi connectivity index (χ3n) is 5.29. The van der Waals surface area contributed by atoms with E-state index in [0.717, 1.165) is 32.1 Å². The molecule has 2 aliphatic rings. The molecule has 0 aromatic heterocycles. The Bertz CT molecular complexity index is 1000. The van der Waals surface area contributed by atoms with E-state index >= 15 is 0 Å². The van der Waals surface area contributed by atoms with E-state index in [-0.39, 0.29) is 17.9 Å². The number of hydrogen-bond acceptors (Lipinski definition) is 3. The third kappa shape index (κ3) is 3.95. The lowest BCUT2D eigenvalue weighted by atomic mass is 9.94. The van der Waals surface area contributed by atoms with Crippen molar-refractivity contribution in [2.75, 3.05) is 10.6 Å². The van der Waals surface area contributed by atoms with E-state index in [0.29, 0.717) is 32.5 Å². The van der Waals surface area contributed by atoms with Crippen LogP contribution in [0.2, 0.25) is 10.0 Å². The smallest absolute Gasteiger partial charge is 0.308 e. The number of hydrogen-bond donors (Lipinski definition) is 2. The summed E-state index contributed by atoms with van der Waals surface area (Å²) < 4.78 is 0. The standard InChI is InChI=1S/C21H19Cl2N3O3/c22-12-6-9-17(23)18(10-12)25-21(29)24-13-7-8-15-16(11-13)20(28)26(19(15)27)14-4-2-1-3-5-14/h6-11,14H,1-5H2,(H2,24,25,29). The molecule has 1 aliphatic carbocycles. The number of halogens is 2. The first kappa shape index (κ1) is 19.7. The Labute approximate surface area is 178 Å². The van der Waals surface area contributed by atoms with Crippen molar-refractivity contribution < 1.29 is 14.4 Å². The van der Waals surface area contributed by atoms with Crippen molar-refractivity contribution in [3.05, 3.63) is 57.6 Å². The summed E-state index contributed by atoms with van der Waals surface area (Å²) in [5, 5.41) is 6.07. The molecule has 1 saturated carbocycles. The van der Waals surface area contributed by atoms with Gasteiger partial charge in [-0.15, -0.1) is 0 Å². The fourth-order valence-electron chi connectivity index (χ4n) is 3.89. The van der Waals surface area contributed by atoms with Gasteiger partial charge in [-0.1, -0.05) is 42.5 Å². The Balaban J connectivity index is 1.50. The maximum Gasteiger partial charge on any atom is 0.323 e. The molecule has 29 heavy (non-hydrogen) atoms. The summed E-state index contributed by atoms with van der Waals surface area (Å²) in [5.41, 5.74) is 1.47. The molecule has 150 valence electrons. The van der Waals surface area contributed by atoms with Crippen LogP contribution in [0, 0.1) is 0 Å². The van der Waals surface area contributed by atoms with E-state index in [9.17, 15) is 14.4 Å². The monoisotopic (exact) mass is 431 g/mol. The van der Waals surface area contributed by atoms with Gasteiger partial charge in [-0.05, 0) is 49.2 Å². The van der Waals surface area contributed by atoms with Crippen molar-refractivity contribution in [1.29, 1.82) is 0 Å². The van der Waals surface area contributed by atoms with Crippen LogP contribution in [0.4, 0.5) is 16.2 Å². The normalized spacial score (nSPS) is 16.7. The second-order valence-electron chi connectivity index (χ2n) is 7.24. The van der Waals surface area contributed by atoms with Crippen molar-refractivity contribution in [2.24, 2.45) is 0 Å². The van der Waals surface area contributed by atoms with Crippen molar-refractivity contribution >= 4 is 52.4 Å². The van der Waals surface area contributed by atoms with Gasteiger partial charge in [0.1, 0.15) is 0 Å². The minimum absolute atomic E-state index is 0.0409. The van der Waals surface area contributed by atoms with Gasteiger partial charge in [0.2, 0.25) is 0 Å². The highest BCUT2D eigenvalue weighted by molar-refractivity contribution is 6.35. The van der Waals surface area contributed by atoms with Crippen LogP contribution in [0.5, 0.6) is 0 Å². The molecule has 2 aromatic carbocycles. The van der Waals surface area contributed by atoms with Crippen molar-refractivity contribution in [2.45, 2.75) is 38.1 Å². The van der Waals surface area contributed by atoms with Crippen LogP contribution in [0.3, 0.4) is 0 Å². The molecular formula is C21H19Cl2N3O3. The van der Waals surface area contributed by atoms with E-state index in [4.69, 9.17) is 23.2 Å². The molecule has 4 amide bonds. The molecule has 1 fully saturated rings. The maximum atomic E-state index is 12.9. The highest BCUT2D eigenvalue weighted by atomic mass is 35.5. The van der Waals surface area contributed by atoms with Gasteiger partial charge in [0.25, 0.3) is 11.8 Å². The van der Waals surface area contributed by atoms with Gasteiger partial charge in [0.15, 0.2) is 0 Å². The maximum absolute atomic E-state index is 12.9. The number of benzene rings is 2. The number of imide groups is 1. The molecule has 2 aromatic rings. The molecule has 0 spiro atoms. The van der Waals surface area contributed by atoms with Crippen molar-refractivity contribution in [1.82, 2.24) is 4.90 Å². The number of anilines is 2. The van der Waals surface area contributed by atoms with Gasteiger partial charge in [-0.3, -0.25) is 14.5 Å². The minimum atomic E-state index is -0.532. The van der Waals surface area contributed by atoms with Crippen LogP contribution in [0.25, 0.3) is 0 Å². The predicted octanol–water partition coefficient (Wildman–Crippen LogP) is 5.57. The van der Waals surface area contributed by atoms with E-state index < -0.39 is 6.03 Å². The van der Waals surface area contributed by atoms with E-state index in [2.05, 4.69) is 10.6 Å². The third-order valence-corrected chi connectivity index (χ3v) is 5.86. The summed E-state index contributed by atoms with van der Waals surface area (Å²) >= 11 is 12.0. The van der Waals surface area contributed by atoms with Gasteiger partial charge < -0.3 is 10.6 Å². The van der Waals surface area contributed by atoms with Crippen LogP contribution < -0.4 is 10.6 Å². The van der Waals surface area contributed by atoms with Gasteiger partial charge in [0.05, 0.1) is 21.8 Å². The van der Waals surface area contributed by atoms with Crippen LogP contribution in [0.15, 0.2) is 36.4 Å². The average Bonchev–Trinajstić information content (AvgIpc) is 2.95. The molecule has 8 heteroatoms. The lowest BCUT2D eigenvalue weighted by Gasteiger charge is -2.29. The number of nitrogens with one attached hydrogen (secondary N) is 2. The lowest BCUT2D eigenvalue weighted by Crippen LogP contribution is -2.40. The van der Waals surface area contributed by atoms with E-state index in [1.807, 2.05) is 0 Å². The number of carbonyl (C=O) groups excluding carboxylic acids is 3. The molecule has 0 saturated heterocycles. The molecule has 1 aliphatic heterocycles. The number of amides is 4. The average molecular weight is 432 g/mol. The fourth-order valence-corrected chi connectivity index (χ4v) is 4.22. The van der Waals surface area contributed by atoms with Gasteiger partial charge >= 0.3 is 6.03 Å². The highest BCUT2D eigenvalue weighted by Gasteiger charge is 2.40. The summed E-state index contributed by atoms with van der Waals surface area (Å²) in [7, 11) is 0. The molecule has 0 bridgehead atoms. The molecule has 0 unspecified atom stereocenters. The van der Waals surface area contributed by atoms with Crippen LogP contribution in [-0.2, 0) is 0 Å². The number of urea groups is 1. The Morgan fingerprint density at radius 2 is 1.62 bits per heavy atom. The van der Waals surface area contributed by atoms with Crippen molar-refractivity contribution in [3.8, 4) is 0 Å². The fraction of sp³-hybridized carbons (Fsp3) is 0.286. The Morgan fingerprint density at radius 3 is 2.38 bits per heavy atom. The first-order chi connectivity index (χ1) is 13.9. The van der Waals surface area contributed by atoms with Gasteiger partial charge in [-0.2, -0.15) is 0 Å². The summed E-state index contributed by atoms with van der Waals surface area (Å²) in [4.78, 5) is 39.3. The lowest BCUT2D eigenvalue weighted by molar-refractivity contribution is 0.0549. The van der Waals surface area contributed by atoms with Crippen molar-refractivity contribution in [3.63, 3.8) is 0 Å². The molecule has 6 nitrogen and oxygen atoms in total. The number of rotatable bonds is 3. The van der Waals surface area contributed by atoms with Crippen LogP contribution in [0.1, 0.15) is 52.8 Å². The quantitative estimate of drug-likeness (QED) is 0.623. The number of carbonyl (C=O) groups is 3. The Morgan fingerprint density at radius 1 is 0.897 bits per heavy atom. The zero-order valence-corrected chi connectivity index (χ0v) is 17.0. The van der Waals surface area contributed by atoms with Gasteiger partial charge in [0, 0.05) is 16.8 Å². The molecule has 0 atom stereocenters. The molecule has 4 rings (SSSR count). The molecular weight excluding hydrogens is 413 g/mol.